The molecule has 6 nitrogen and oxygen atoms in total. The summed E-state index contributed by atoms with van der Waals surface area (Å²) in [6.45, 7) is 10.8. The Bertz CT molecular complexity index is 1010. The predicted molar refractivity (Wildman–Crippen MR) is 133 cm³/mol. The Balaban J connectivity index is 2.04. The number of carbonyl (C=O) groups is 2. The SMILES string of the molecule is CCN(CC)CCN1C(=O)C(=O)/C(=C(/O)c2ccc(OC(C)C)cc2)C1c1ccc(Br)cc1. The van der Waals surface area contributed by atoms with Crippen molar-refractivity contribution in [2.75, 3.05) is 26.2 Å². The average molecular weight is 515 g/mol. The van der Waals surface area contributed by atoms with Gasteiger partial charge in [0.25, 0.3) is 11.7 Å². The molecular formula is C26H31BrN2O4. The molecule has 1 unspecified atom stereocenters. The van der Waals surface area contributed by atoms with Crippen LogP contribution in [0.1, 0.15) is 44.9 Å². The van der Waals surface area contributed by atoms with Crippen molar-refractivity contribution in [2.24, 2.45) is 0 Å². The third-order valence-corrected chi connectivity index (χ3v) is 6.31. The summed E-state index contributed by atoms with van der Waals surface area (Å²) >= 11 is 3.44. The fraction of sp³-hybridized carbons (Fsp3) is 0.385. The van der Waals surface area contributed by atoms with Gasteiger partial charge in [0, 0.05) is 23.1 Å². The Hall–Kier alpha value is -2.64. The zero-order valence-corrected chi connectivity index (χ0v) is 21.1. The highest BCUT2D eigenvalue weighted by molar-refractivity contribution is 9.10. The van der Waals surface area contributed by atoms with Crippen LogP contribution in [0.15, 0.2) is 58.6 Å². The van der Waals surface area contributed by atoms with Gasteiger partial charge in [0.2, 0.25) is 0 Å². The molecule has 1 fully saturated rings. The summed E-state index contributed by atoms with van der Waals surface area (Å²) in [7, 11) is 0. The van der Waals surface area contributed by atoms with Crippen molar-refractivity contribution >= 4 is 33.4 Å². The van der Waals surface area contributed by atoms with E-state index in [0.717, 1.165) is 23.1 Å². The minimum atomic E-state index is -0.664. The fourth-order valence-electron chi connectivity index (χ4n) is 4.01. The summed E-state index contributed by atoms with van der Waals surface area (Å²) < 4.78 is 6.57. The van der Waals surface area contributed by atoms with Crippen LogP contribution in [0.2, 0.25) is 0 Å². The van der Waals surface area contributed by atoms with E-state index < -0.39 is 17.7 Å². The number of halogens is 1. The van der Waals surface area contributed by atoms with Gasteiger partial charge in [-0.1, -0.05) is 41.9 Å². The maximum Gasteiger partial charge on any atom is 0.295 e. The third kappa shape index (κ3) is 5.65. The number of hydrogen-bond acceptors (Lipinski definition) is 5. The molecule has 1 atom stereocenters. The van der Waals surface area contributed by atoms with Crippen molar-refractivity contribution in [1.29, 1.82) is 0 Å². The number of carbonyl (C=O) groups excluding carboxylic acids is 2. The Morgan fingerprint density at radius 1 is 1.06 bits per heavy atom. The van der Waals surface area contributed by atoms with Gasteiger partial charge in [0.1, 0.15) is 11.5 Å². The first-order valence-electron chi connectivity index (χ1n) is 11.3. The summed E-state index contributed by atoms with van der Waals surface area (Å²) in [6.07, 6.45) is 0.0259. The molecule has 2 aromatic rings. The standard InChI is InChI=1S/C26H31BrN2O4/c1-5-28(6-2)15-16-29-23(18-7-11-20(27)12-8-18)22(25(31)26(29)32)24(30)19-9-13-21(14-10-19)33-17(3)4/h7-14,17,23,30H,5-6,15-16H2,1-4H3/b24-22+. The predicted octanol–water partition coefficient (Wildman–Crippen LogP) is 5.00. The van der Waals surface area contributed by atoms with E-state index in [0.29, 0.717) is 24.4 Å². The number of Topliss-reactive ketones (excluding diaryl/α,β-unsaturated/α-hetero) is 1. The molecule has 1 aliphatic heterocycles. The highest BCUT2D eigenvalue weighted by Gasteiger charge is 2.45. The van der Waals surface area contributed by atoms with E-state index in [2.05, 4.69) is 34.7 Å². The molecule has 1 amide bonds. The lowest BCUT2D eigenvalue weighted by Crippen LogP contribution is -2.38. The van der Waals surface area contributed by atoms with E-state index in [4.69, 9.17) is 4.74 Å². The number of likely N-dealkylation sites (tertiary alicyclic amines) is 1. The van der Waals surface area contributed by atoms with Crippen LogP contribution in [-0.2, 0) is 9.59 Å². The van der Waals surface area contributed by atoms with Gasteiger partial charge in [0.15, 0.2) is 0 Å². The number of aliphatic hydroxyl groups excluding tert-OH is 1. The molecule has 0 radical (unpaired) electrons. The molecule has 0 spiro atoms. The minimum Gasteiger partial charge on any atom is -0.507 e. The number of benzene rings is 2. The lowest BCUT2D eigenvalue weighted by atomic mass is 9.95. The number of ether oxygens (including phenoxy) is 1. The molecule has 1 N–H and O–H groups in total. The second kappa shape index (κ2) is 11.0. The van der Waals surface area contributed by atoms with Gasteiger partial charge in [-0.3, -0.25) is 9.59 Å². The molecule has 7 heteroatoms. The zero-order valence-electron chi connectivity index (χ0n) is 19.5. The summed E-state index contributed by atoms with van der Waals surface area (Å²) in [4.78, 5) is 29.9. The smallest absolute Gasteiger partial charge is 0.295 e. The van der Waals surface area contributed by atoms with Crippen molar-refractivity contribution in [3.05, 3.63) is 69.7 Å². The first-order valence-corrected chi connectivity index (χ1v) is 12.1. The molecule has 1 saturated heterocycles. The number of nitrogens with zero attached hydrogens (tertiary/aromatic N) is 2. The summed E-state index contributed by atoms with van der Waals surface area (Å²) in [5.74, 6) is -0.757. The number of amides is 1. The summed E-state index contributed by atoms with van der Waals surface area (Å²) in [5, 5.41) is 11.2. The Labute approximate surface area is 204 Å². The highest BCUT2D eigenvalue weighted by Crippen LogP contribution is 2.39. The van der Waals surface area contributed by atoms with Gasteiger partial charge in [0.05, 0.1) is 17.7 Å². The molecular weight excluding hydrogens is 484 g/mol. The molecule has 2 aromatic carbocycles. The average Bonchev–Trinajstić information content (AvgIpc) is 3.05. The van der Waals surface area contributed by atoms with Crippen molar-refractivity contribution < 1.29 is 19.4 Å². The van der Waals surface area contributed by atoms with Crippen LogP contribution in [0.5, 0.6) is 5.75 Å². The molecule has 0 aromatic heterocycles. The monoisotopic (exact) mass is 514 g/mol. The van der Waals surface area contributed by atoms with Gasteiger partial charge < -0.3 is 19.6 Å². The van der Waals surface area contributed by atoms with Crippen LogP contribution in [0.3, 0.4) is 0 Å². The second-order valence-electron chi connectivity index (χ2n) is 8.26. The van der Waals surface area contributed by atoms with Crippen LogP contribution in [-0.4, -0.2) is 58.9 Å². The van der Waals surface area contributed by atoms with E-state index in [9.17, 15) is 14.7 Å². The van der Waals surface area contributed by atoms with Crippen LogP contribution in [0, 0.1) is 0 Å². The molecule has 33 heavy (non-hydrogen) atoms. The number of rotatable bonds is 9. The van der Waals surface area contributed by atoms with Crippen LogP contribution < -0.4 is 4.74 Å². The second-order valence-corrected chi connectivity index (χ2v) is 9.18. The Kier molecular flexibility index (Phi) is 8.32. The lowest BCUT2D eigenvalue weighted by molar-refractivity contribution is -0.140. The number of ketones is 1. The van der Waals surface area contributed by atoms with Gasteiger partial charge >= 0.3 is 0 Å². The highest BCUT2D eigenvalue weighted by atomic mass is 79.9. The van der Waals surface area contributed by atoms with Crippen molar-refractivity contribution in [3.8, 4) is 5.75 Å². The van der Waals surface area contributed by atoms with E-state index >= 15 is 0 Å². The van der Waals surface area contributed by atoms with E-state index in [1.807, 2.05) is 38.1 Å². The molecule has 176 valence electrons. The molecule has 3 rings (SSSR count). The van der Waals surface area contributed by atoms with Crippen LogP contribution >= 0.6 is 15.9 Å². The normalized spacial score (nSPS) is 17.9. The zero-order chi connectivity index (χ0) is 24.1. The lowest BCUT2D eigenvalue weighted by Gasteiger charge is -2.28. The quantitative estimate of drug-likeness (QED) is 0.289. The van der Waals surface area contributed by atoms with Gasteiger partial charge in [-0.15, -0.1) is 0 Å². The van der Waals surface area contributed by atoms with Crippen molar-refractivity contribution in [3.63, 3.8) is 0 Å². The Morgan fingerprint density at radius 2 is 1.67 bits per heavy atom. The molecule has 1 aliphatic rings. The topological polar surface area (TPSA) is 70.1 Å². The number of aliphatic hydroxyl groups is 1. The first kappa shape index (κ1) is 25.0. The fourth-order valence-corrected chi connectivity index (χ4v) is 4.27. The first-order chi connectivity index (χ1) is 15.8. The van der Waals surface area contributed by atoms with Crippen molar-refractivity contribution in [2.45, 2.75) is 39.8 Å². The minimum absolute atomic E-state index is 0.0259. The third-order valence-electron chi connectivity index (χ3n) is 5.78. The van der Waals surface area contributed by atoms with Crippen molar-refractivity contribution in [1.82, 2.24) is 9.80 Å². The largest absolute Gasteiger partial charge is 0.507 e. The van der Waals surface area contributed by atoms with Gasteiger partial charge in [-0.05, 0) is 68.9 Å². The van der Waals surface area contributed by atoms with Crippen LogP contribution in [0.25, 0.3) is 5.76 Å². The maximum atomic E-state index is 13.1. The molecule has 0 saturated carbocycles. The number of likely N-dealkylation sites (N-methyl/N-ethyl adjacent to an activating group) is 1. The summed E-state index contributed by atoms with van der Waals surface area (Å²) in [6, 6.07) is 13.7. The molecule has 0 aliphatic carbocycles. The van der Waals surface area contributed by atoms with Gasteiger partial charge in [-0.2, -0.15) is 0 Å². The number of hydrogen-bond donors (Lipinski definition) is 1. The maximum absolute atomic E-state index is 13.1. The van der Waals surface area contributed by atoms with E-state index in [-0.39, 0.29) is 17.4 Å². The van der Waals surface area contributed by atoms with E-state index in [1.165, 1.54) is 0 Å². The summed E-state index contributed by atoms with van der Waals surface area (Å²) in [5.41, 5.74) is 1.35. The van der Waals surface area contributed by atoms with E-state index in [1.54, 1.807) is 29.2 Å². The molecule has 0 bridgehead atoms. The molecule has 1 heterocycles. The van der Waals surface area contributed by atoms with Crippen LogP contribution in [0.4, 0.5) is 0 Å². The van der Waals surface area contributed by atoms with Gasteiger partial charge in [-0.25, -0.2) is 0 Å². The Morgan fingerprint density at radius 3 is 2.21 bits per heavy atom.